The van der Waals surface area contributed by atoms with Gasteiger partial charge in [0.2, 0.25) is 11.7 Å². The standard InChI is InChI=1S/C12H8ClF2NO4/c1-19-4-9-10(12(17)18)20-11(16-9)5-2-8(15)6(13)3-7(5)14/h2-3H,4H2,1H3,(H,17,18). The highest BCUT2D eigenvalue weighted by Gasteiger charge is 2.22. The maximum Gasteiger partial charge on any atom is 0.373 e. The molecular weight excluding hydrogens is 296 g/mol. The fourth-order valence-electron chi connectivity index (χ4n) is 1.56. The van der Waals surface area contributed by atoms with E-state index in [1.807, 2.05) is 0 Å². The van der Waals surface area contributed by atoms with Crippen molar-refractivity contribution in [3.63, 3.8) is 0 Å². The Morgan fingerprint density at radius 1 is 1.45 bits per heavy atom. The molecule has 2 rings (SSSR count). The molecule has 0 spiro atoms. The first kappa shape index (κ1) is 14.4. The van der Waals surface area contributed by atoms with Crippen molar-refractivity contribution in [2.75, 3.05) is 7.11 Å². The van der Waals surface area contributed by atoms with E-state index in [1.165, 1.54) is 7.11 Å². The van der Waals surface area contributed by atoms with Crippen molar-refractivity contribution in [2.45, 2.75) is 6.61 Å². The molecule has 0 atom stereocenters. The molecule has 5 nitrogen and oxygen atoms in total. The average molecular weight is 304 g/mol. The molecule has 106 valence electrons. The number of oxazole rings is 1. The third-order valence-electron chi connectivity index (χ3n) is 2.41. The Morgan fingerprint density at radius 3 is 2.75 bits per heavy atom. The van der Waals surface area contributed by atoms with E-state index in [4.69, 9.17) is 25.9 Å². The van der Waals surface area contributed by atoms with Crippen LogP contribution in [0.25, 0.3) is 11.5 Å². The number of carboxylic acids is 1. The molecule has 20 heavy (non-hydrogen) atoms. The Kier molecular flexibility index (Phi) is 4.01. The number of ether oxygens (including phenoxy) is 1. The zero-order valence-corrected chi connectivity index (χ0v) is 10.9. The Morgan fingerprint density at radius 2 is 2.15 bits per heavy atom. The maximum absolute atomic E-state index is 13.7. The fourth-order valence-corrected chi connectivity index (χ4v) is 1.71. The number of rotatable bonds is 4. The number of halogens is 3. The molecule has 0 saturated carbocycles. The summed E-state index contributed by atoms with van der Waals surface area (Å²) in [5, 5.41) is 8.55. The van der Waals surface area contributed by atoms with Gasteiger partial charge < -0.3 is 14.3 Å². The predicted octanol–water partition coefficient (Wildman–Crippen LogP) is 3.12. The number of hydrogen-bond acceptors (Lipinski definition) is 4. The average Bonchev–Trinajstić information content (AvgIpc) is 2.78. The minimum atomic E-state index is -1.38. The van der Waals surface area contributed by atoms with E-state index < -0.39 is 28.4 Å². The summed E-state index contributed by atoms with van der Waals surface area (Å²) in [6.07, 6.45) is 0. The van der Waals surface area contributed by atoms with Crippen LogP contribution in [0, 0.1) is 11.6 Å². The monoisotopic (exact) mass is 303 g/mol. The van der Waals surface area contributed by atoms with Gasteiger partial charge in [0.1, 0.15) is 17.3 Å². The summed E-state index contributed by atoms with van der Waals surface area (Å²) in [7, 11) is 1.34. The second-order valence-electron chi connectivity index (χ2n) is 3.78. The molecule has 0 unspecified atom stereocenters. The Bertz CT molecular complexity index is 672. The first-order chi connectivity index (χ1) is 9.43. The van der Waals surface area contributed by atoms with Crippen molar-refractivity contribution in [1.82, 2.24) is 4.98 Å². The van der Waals surface area contributed by atoms with Crippen LogP contribution in [0.5, 0.6) is 0 Å². The van der Waals surface area contributed by atoms with Crippen molar-refractivity contribution in [3.05, 3.63) is 40.2 Å². The zero-order valence-electron chi connectivity index (χ0n) is 10.1. The van der Waals surface area contributed by atoms with Gasteiger partial charge in [-0.25, -0.2) is 18.6 Å². The number of hydrogen-bond donors (Lipinski definition) is 1. The van der Waals surface area contributed by atoms with E-state index in [2.05, 4.69) is 4.98 Å². The minimum absolute atomic E-state index is 0.0234. The number of nitrogens with zero attached hydrogens (tertiary/aromatic N) is 1. The van der Waals surface area contributed by atoms with Crippen molar-refractivity contribution < 1.29 is 27.8 Å². The Balaban J connectivity index is 2.56. The van der Waals surface area contributed by atoms with Gasteiger partial charge in [0.25, 0.3) is 0 Å². The molecule has 0 saturated heterocycles. The molecule has 0 fully saturated rings. The van der Waals surface area contributed by atoms with Gasteiger partial charge in [0.15, 0.2) is 0 Å². The SMILES string of the molecule is COCc1nc(-c2cc(F)c(Cl)cc2F)oc1C(=O)O. The van der Waals surface area contributed by atoms with Crippen LogP contribution in [-0.4, -0.2) is 23.2 Å². The number of methoxy groups -OCH3 is 1. The van der Waals surface area contributed by atoms with Gasteiger partial charge in [-0.05, 0) is 12.1 Å². The number of carbonyl (C=O) groups is 1. The summed E-state index contributed by atoms with van der Waals surface area (Å²) in [6, 6.07) is 1.54. The van der Waals surface area contributed by atoms with Crippen LogP contribution in [0.15, 0.2) is 16.5 Å². The van der Waals surface area contributed by atoms with E-state index >= 15 is 0 Å². The fraction of sp³-hybridized carbons (Fsp3) is 0.167. The molecule has 8 heteroatoms. The summed E-state index contributed by atoms with van der Waals surface area (Å²) in [4.78, 5) is 14.8. The van der Waals surface area contributed by atoms with Gasteiger partial charge in [0, 0.05) is 7.11 Å². The van der Waals surface area contributed by atoms with Gasteiger partial charge in [-0.2, -0.15) is 0 Å². The summed E-state index contributed by atoms with van der Waals surface area (Å²) >= 11 is 5.43. The molecule has 1 N–H and O–H groups in total. The van der Waals surface area contributed by atoms with Gasteiger partial charge in [0.05, 0.1) is 17.2 Å². The topological polar surface area (TPSA) is 72.6 Å². The molecule has 1 heterocycles. The van der Waals surface area contributed by atoms with E-state index in [1.54, 1.807) is 0 Å². The number of aromatic nitrogens is 1. The molecule has 0 bridgehead atoms. The van der Waals surface area contributed by atoms with Gasteiger partial charge in [-0.15, -0.1) is 0 Å². The Hall–Kier alpha value is -1.99. The lowest BCUT2D eigenvalue weighted by Gasteiger charge is -2.00. The largest absolute Gasteiger partial charge is 0.475 e. The van der Waals surface area contributed by atoms with Crippen LogP contribution in [0.2, 0.25) is 5.02 Å². The number of benzene rings is 1. The quantitative estimate of drug-likeness (QED) is 0.879. The van der Waals surface area contributed by atoms with Gasteiger partial charge in [-0.1, -0.05) is 11.6 Å². The molecule has 0 aliphatic rings. The highest BCUT2D eigenvalue weighted by Crippen LogP contribution is 2.29. The third-order valence-corrected chi connectivity index (χ3v) is 2.70. The molecule has 2 aromatic rings. The summed E-state index contributed by atoms with van der Waals surface area (Å²) in [6.45, 7) is -0.136. The van der Waals surface area contributed by atoms with E-state index in [0.29, 0.717) is 0 Å². The van der Waals surface area contributed by atoms with Crippen LogP contribution in [-0.2, 0) is 11.3 Å². The predicted molar refractivity (Wildman–Crippen MR) is 64.5 cm³/mol. The van der Waals surface area contributed by atoms with Gasteiger partial charge >= 0.3 is 5.97 Å². The first-order valence-corrected chi connectivity index (χ1v) is 5.68. The summed E-state index contributed by atoms with van der Waals surface area (Å²) in [5.74, 6) is -3.98. The second-order valence-corrected chi connectivity index (χ2v) is 4.19. The smallest absolute Gasteiger partial charge is 0.373 e. The highest BCUT2D eigenvalue weighted by molar-refractivity contribution is 6.30. The lowest BCUT2D eigenvalue weighted by molar-refractivity contribution is 0.0656. The summed E-state index contributed by atoms with van der Waals surface area (Å²) in [5.41, 5.74) is -0.346. The van der Waals surface area contributed by atoms with Crippen molar-refractivity contribution in [2.24, 2.45) is 0 Å². The van der Waals surface area contributed by atoms with Crippen LogP contribution >= 0.6 is 11.6 Å². The number of carboxylic acid groups (broad SMARTS) is 1. The molecule has 1 aromatic carbocycles. The highest BCUT2D eigenvalue weighted by atomic mass is 35.5. The molecule has 0 aliphatic carbocycles. The molecule has 0 radical (unpaired) electrons. The second kappa shape index (κ2) is 5.56. The van der Waals surface area contributed by atoms with Crippen molar-refractivity contribution in [1.29, 1.82) is 0 Å². The molecule has 0 amide bonds. The third kappa shape index (κ3) is 2.63. The molecule has 0 aliphatic heterocycles. The van der Waals surface area contributed by atoms with Crippen LogP contribution in [0.1, 0.15) is 16.2 Å². The van der Waals surface area contributed by atoms with E-state index in [9.17, 15) is 13.6 Å². The van der Waals surface area contributed by atoms with Crippen LogP contribution < -0.4 is 0 Å². The molecule has 1 aromatic heterocycles. The lowest BCUT2D eigenvalue weighted by Crippen LogP contribution is -2.00. The normalized spacial score (nSPS) is 10.8. The van der Waals surface area contributed by atoms with Gasteiger partial charge in [-0.3, -0.25) is 0 Å². The van der Waals surface area contributed by atoms with Crippen LogP contribution in [0.3, 0.4) is 0 Å². The van der Waals surface area contributed by atoms with Crippen molar-refractivity contribution in [3.8, 4) is 11.5 Å². The first-order valence-electron chi connectivity index (χ1n) is 5.31. The maximum atomic E-state index is 13.7. The van der Waals surface area contributed by atoms with Crippen molar-refractivity contribution >= 4 is 17.6 Å². The summed E-state index contributed by atoms with van der Waals surface area (Å²) < 4.78 is 36.8. The minimum Gasteiger partial charge on any atom is -0.475 e. The van der Waals surface area contributed by atoms with Crippen LogP contribution in [0.4, 0.5) is 8.78 Å². The van der Waals surface area contributed by atoms with E-state index in [0.717, 1.165) is 12.1 Å². The molecular formula is C12H8ClF2NO4. The van der Waals surface area contributed by atoms with E-state index in [-0.39, 0.29) is 23.8 Å². The lowest BCUT2D eigenvalue weighted by atomic mass is 10.2. The Labute approximate surface area is 116 Å². The zero-order chi connectivity index (χ0) is 14.9. The number of aromatic carboxylic acids is 1.